The third-order valence-corrected chi connectivity index (χ3v) is 2.06. The molecule has 8 heteroatoms. The van der Waals surface area contributed by atoms with Gasteiger partial charge < -0.3 is 0 Å². The van der Waals surface area contributed by atoms with Crippen LogP contribution in [0.1, 0.15) is 4.88 Å². The second kappa shape index (κ2) is 3.22. The molecule has 0 atom stereocenters. The second-order valence-corrected chi connectivity index (χ2v) is 4.00. The molecule has 0 aliphatic rings. The number of rotatable bonds is 3. The lowest BCUT2D eigenvalue weighted by atomic mass is 10.6. The van der Waals surface area contributed by atoms with Gasteiger partial charge in [-0.2, -0.15) is 13.1 Å². The third-order valence-electron chi connectivity index (χ3n) is 0.855. The summed E-state index contributed by atoms with van der Waals surface area (Å²) in [5, 5.41) is 8.19. The molecule has 0 aromatic carbocycles. The Labute approximate surface area is 67.8 Å². The van der Waals surface area contributed by atoms with Gasteiger partial charge in [0.15, 0.2) is 0 Å². The van der Waals surface area contributed by atoms with E-state index in [0.29, 0.717) is 0 Å². The fourth-order valence-electron chi connectivity index (χ4n) is 0.437. The van der Waals surface area contributed by atoms with Gasteiger partial charge in [-0.15, -0.1) is 5.10 Å². The van der Waals surface area contributed by atoms with Crippen molar-refractivity contribution in [2.24, 2.45) is 5.14 Å². The van der Waals surface area contributed by atoms with Gasteiger partial charge in [0.25, 0.3) is 10.2 Å². The highest BCUT2D eigenvalue weighted by atomic mass is 32.2. The van der Waals surface area contributed by atoms with Gasteiger partial charge in [-0.1, -0.05) is 4.49 Å². The maximum Gasteiger partial charge on any atom is 0.274 e. The van der Waals surface area contributed by atoms with E-state index >= 15 is 0 Å². The molecule has 0 fully saturated rings. The monoisotopic (exact) mass is 194 g/mol. The van der Waals surface area contributed by atoms with Gasteiger partial charge >= 0.3 is 0 Å². The molecular weight excluding hydrogens is 188 g/mol. The number of hydrogen-bond donors (Lipinski definition) is 2. The van der Waals surface area contributed by atoms with Crippen molar-refractivity contribution in [2.75, 3.05) is 0 Å². The number of nitrogens with one attached hydrogen (secondary N) is 1. The molecule has 6 nitrogen and oxygen atoms in total. The smallest absolute Gasteiger partial charge is 0.216 e. The highest BCUT2D eigenvalue weighted by Gasteiger charge is 2.01. The van der Waals surface area contributed by atoms with Crippen LogP contribution >= 0.6 is 11.5 Å². The first-order chi connectivity index (χ1) is 5.08. The molecule has 0 aliphatic heterocycles. The van der Waals surface area contributed by atoms with Crippen LogP contribution in [-0.2, 0) is 16.8 Å². The Morgan fingerprint density at radius 3 is 2.91 bits per heavy atom. The van der Waals surface area contributed by atoms with Crippen molar-refractivity contribution >= 4 is 21.7 Å². The van der Waals surface area contributed by atoms with Crippen molar-refractivity contribution in [3.05, 3.63) is 11.1 Å². The Hall–Kier alpha value is -0.570. The van der Waals surface area contributed by atoms with Crippen LogP contribution in [0.15, 0.2) is 6.20 Å². The first-order valence-electron chi connectivity index (χ1n) is 2.61. The molecule has 0 radical (unpaired) electrons. The maximum atomic E-state index is 10.4. The van der Waals surface area contributed by atoms with Crippen molar-refractivity contribution in [3.8, 4) is 0 Å². The highest BCUT2D eigenvalue weighted by Crippen LogP contribution is 2.00. The molecule has 62 valence electrons. The van der Waals surface area contributed by atoms with E-state index < -0.39 is 10.2 Å². The largest absolute Gasteiger partial charge is 0.274 e. The molecular formula is C3H6N4O2S2. The van der Waals surface area contributed by atoms with Gasteiger partial charge in [0.05, 0.1) is 11.1 Å². The van der Waals surface area contributed by atoms with Crippen LogP contribution < -0.4 is 9.86 Å². The van der Waals surface area contributed by atoms with E-state index in [9.17, 15) is 8.42 Å². The lowest BCUT2D eigenvalue weighted by Crippen LogP contribution is -2.29. The number of nitrogens with zero attached hydrogens (tertiary/aromatic N) is 2. The zero-order valence-corrected chi connectivity index (χ0v) is 7.02. The number of aromatic nitrogens is 2. The maximum absolute atomic E-state index is 10.4. The molecule has 1 aromatic rings. The van der Waals surface area contributed by atoms with E-state index in [4.69, 9.17) is 0 Å². The van der Waals surface area contributed by atoms with Crippen LogP contribution in [0.5, 0.6) is 0 Å². The summed E-state index contributed by atoms with van der Waals surface area (Å²) in [4.78, 5) is 0.721. The van der Waals surface area contributed by atoms with E-state index in [1.54, 1.807) is 0 Å². The van der Waals surface area contributed by atoms with Crippen molar-refractivity contribution in [1.82, 2.24) is 14.3 Å². The van der Waals surface area contributed by atoms with E-state index in [1.807, 2.05) is 0 Å². The average molecular weight is 194 g/mol. The van der Waals surface area contributed by atoms with Crippen molar-refractivity contribution in [2.45, 2.75) is 6.54 Å². The summed E-state index contributed by atoms with van der Waals surface area (Å²) in [7, 11) is -3.60. The molecule has 1 rings (SSSR count). The van der Waals surface area contributed by atoms with Gasteiger partial charge in [0.2, 0.25) is 0 Å². The normalized spacial score (nSPS) is 11.7. The minimum Gasteiger partial charge on any atom is -0.216 e. The molecule has 0 amide bonds. The van der Waals surface area contributed by atoms with Crippen LogP contribution in [0.25, 0.3) is 0 Å². The summed E-state index contributed by atoms with van der Waals surface area (Å²) in [6, 6.07) is 0. The molecule has 0 saturated heterocycles. The molecule has 0 aliphatic carbocycles. The lowest BCUT2D eigenvalue weighted by Gasteiger charge is -1.95. The van der Waals surface area contributed by atoms with Gasteiger partial charge in [-0.05, 0) is 11.5 Å². The Kier molecular flexibility index (Phi) is 2.49. The zero-order valence-electron chi connectivity index (χ0n) is 5.39. The van der Waals surface area contributed by atoms with Crippen LogP contribution in [-0.4, -0.2) is 18.0 Å². The Balaban J connectivity index is 2.48. The van der Waals surface area contributed by atoms with E-state index in [2.05, 4.69) is 19.4 Å². The first-order valence-corrected chi connectivity index (χ1v) is 4.93. The van der Waals surface area contributed by atoms with E-state index in [1.165, 1.54) is 6.20 Å². The van der Waals surface area contributed by atoms with Crippen molar-refractivity contribution < 1.29 is 8.42 Å². The average Bonchev–Trinajstić information content (AvgIpc) is 2.32. The van der Waals surface area contributed by atoms with Gasteiger partial charge in [-0.3, -0.25) is 0 Å². The fraction of sp³-hybridized carbons (Fsp3) is 0.333. The minimum atomic E-state index is -3.60. The summed E-state index contributed by atoms with van der Waals surface area (Å²) in [5.41, 5.74) is 0. The lowest BCUT2D eigenvalue weighted by molar-refractivity contribution is 0.583. The molecule has 3 N–H and O–H groups in total. The number of hydrogen-bond acceptors (Lipinski definition) is 5. The van der Waals surface area contributed by atoms with Gasteiger partial charge in [0, 0.05) is 6.54 Å². The fourth-order valence-corrected chi connectivity index (χ4v) is 1.32. The molecule has 0 bridgehead atoms. The number of nitrogens with two attached hydrogens (primary N) is 1. The van der Waals surface area contributed by atoms with Gasteiger partial charge in [-0.25, -0.2) is 5.14 Å². The predicted molar refractivity (Wildman–Crippen MR) is 39.9 cm³/mol. The summed E-state index contributed by atoms with van der Waals surface area (Å²) >= 11 is 1.12. The molecule has 0 unspecified atom stereocenters. The third kappa shape index (κ3) is 3.37. The van der Waals surface area contributed by atoms with E-state index in [0.717, 1.165) is 16.4 Å². The topological polar surface area (TPSA) is 98.0 Å². The molecule has 11 heavy (non-hydrogen) atoms. The molecule has 0 spiro atoms. The molecule has 1 aromatic heterocycles. The van der Waals surface area contributed by atoms with Crippen molar-refractivity contribution in [1.29, 1.82) is 0 Å². The van der Waals surface area contributed by atoms with Crippen molar-refractivity contribution in [3.63, 3.8) is 0 Å². The quantitative estimate of drug-likeness (QED) is 0.633. The summed E-state index contributed by atoms with van der Waals surface area (Å²) in [5.74, 6) is 0. The van der Waals surface area contributed by atoms with Gasteiger partial charge in [0.1, 0.15) is 0 Å². The van der Waals surface area contributed by atoms with Crippen LogP contribution in [0.4, 0.5) is 0 Å². The van der Waals surface area contributed by atoms with Crippen LogP contribution in [0.3, 0.4) is 0 Å². The second-order valence-electron chi connectivity index (χ2n) is 1.75. The summed E-state index contributed by atoms with van der Waals surface area (Å²) in [6.07, 6.45) is 1.48. The Morgan fingerprint density at radius 2 is 2.45 bits per heavy atom. The predicted octanol–water partition coefficient (Wildman–Crippen LogP) is -1.17. The minimum absolute atomic E-state index is 0.149. The SMILES string of the molecule is NS(=O)(=O)NCc1cnns1. The first kappa shape index (κ1) is 8.53. The zero-order chi connectivity index (χ0) is 8.32. The standard InChI is InChI=1S/C3H6N4O2S2/c4-11(8,9)6-2-3-1-5-7-10-3/h1,6H,2H2,(H2,4,8,9). The summed E-state index contributed by atoms with van der Waals surface area (Å²) < 4.78 is 26.4. The molecule has 0 saturated carbocycles. The van der Waals surface area contributed by atoms with Crippen LogP contribution in [0.2, 0.25) is 0 Å². The van der Waals surface area contributed by atoms with E-state index in [-0.39, 0.29) is 6.54 Å². The highest BCUT2D eigenvalue weighted by molar-refractivity contribution is 7.87. The Bertz CT molecular complexity index is 304. The summed E-state index contributed by atoms with van der Waals surface area (Å²) in [6.45, 7) is 0.149. The van der Waals surface area contributed by atoms with Crippen LogP contribution in [0, 0.1) is 0 Å². The molecule has 1 heterocycles. The Morgan fingerprint density at radius 1 is 1.73 bits per heavy atom.